The summed E-state index contributed by atoms with van der Waals surface area (Å²) in [6.07, 6.45) is -1.20. The summed E-state index contributed by atoms with van der Waals surface area (Å²) >= 11 is 5.77. The molecule has 2 aliphatic rings. The van der Waals surface area contributed by atoms with Gasteiger partial charge >= 0.3 is 6.09 Å². The van der Waals surface area contributed by atoms with Crippen LogP contribution in [0.3, 0.4) is 0 Å². The summed E-state index contributed by atoms with van der Waals surface area (Å²) in [6, 6.07) is 8.46. The molecule has 0 aromatic heterocycles. The Labute approximate surface area is 180 Å². The zero-order chi connectivity index (χ0) is 22.2. The fraction of sp³-hybridized carbons (Fsp3) is 0.250. The van der Waals surface area contributed by atoms with Gasteiger partial charge < -0.3 is 30.1 Å². The number of aliphatic hydroxyl groups is 1. The first-order valence-electron chi connectivity index (χ1n) is 9.26. The van der Waals surface area contributed by atoms with E-state index in [1.165, 1.54) is 17.0 Å². The number of hydrogen-bond donors (Lipinski definition) is 3. The van der Waals surface area contributed by atoms with Gasteiger partial charge in [0.05, 0.1) is 5.69 Å². The third kappa shape index (κ3) is 4.39. The molecule has 3 amide bonds. The third-order valence-electron chi connectivity index (χ3n) is 4.78. The normalized spacial score (nSPS) is 20.0. The van der Waals surface area contributed by atoms with Gasteiger partial charge in [-0.2, -0.15) is 0 Å². The summed E-state index contributed by atoms with van der Waals surface area (Å²) in [5.74, 6) is -3.64. The lowest BCUT2D eigenvalue weighted by Gasteiger charge is -2.24. The first-order chi connectivity index (χ1) is 14.7. The van der Waals surface area contributed by atoms with Gasteiger partial charge in [0.1, 0.15) is 11.6 Å². The summed E-state index contributed by atoms with van der Waals surface area (Å²) in [5, 5.41) is 15.7. The fourth-order valence-electron chi connectivity index (χ4n) is 3.33. The number of ether oxygens (including phenoxy) is 2. The lowest BCUT2D eigenvalue weighted by Crippen LogP contribution is -2.46. The molecule has 2 aromatic rings. The van der Waals surface area contributed by atoms with Crippen molar-refractivity contribution in [3.8, 4) is 5.75 Å². The second-order valence-corrected chi connectivity index (χ2v) is 7.47. The maximum absolute atomic E-state index is 13.4. The molecule has 0 aliphatic carbocycles. The Kier molecular flexibility index (Phi) is 5.42. The number of rotatable bonds is 4. The molecule has 0 radical (unpaired) electrons. The maximum Gasteiger partial charge on any atom is 0.410 e. The number of nitrogens with one attached hydrogen (secondary N) is 2. The van der Waals surface area contributed by atoms with Gasteiger partial charge in [-0.1, -0.05) is 11.6 Å². The van der Waals surface area contributed by atoms with Crippen LogP contribution >= 0.6 is 11.6 Å². The van der Waals surface area contributed by atoms with Crippen molar-refractivity contribution in [2.24, 2.45) is 0 Å². The molecule has 1 saturated heterocycles. The number of fused-ring (bicyclic) bond motifs is 1. The fourth-order valence-corrected chi connectivity index (χ4v) is 3.58. The van der Waals surface area contributed by atoms with E-state index in [1.807, 2.05) is 0 Å². The average Bonchev–Trinajstić information content (AvgIpc) is 3.00. The lowest BCUT2D eigenvalue weighted by atomic mass is 10.2. The molecule has 1 fully saturated rings. The largest absolute Gasteiger partial charge is 0.482 e. The summed E-state index contributed by atoms with van der Waals surface area (Å²) in [7, 11) is 0. The summed E-state index contributed by atoms with van der Waals surface area (Å²) in [5.41, 5.74) is 1.26. The monoisotopic (exact) mass is 449 g/mol. The summed E-state index contributed by atoms with van der Waals surface area (Å²) in [4.78, 5) is 37.5. The zero-order valence-corrected chi connectivity index (χ0v) is 16.7. The van der Waals surface area contributed by atoms with E-state index in [9.17, 15) is 23.9 Å². The molecule has 2 heterocycles. The Morgan fingerprint density at radius 3 is 2.90 bits per heavy atom. The van der Waals surface area contributed by atoms with Crippen LogP contribution in [0.25, 0.3) is 0 Å². The predicted octanol–water partition coefficient (Wildman–Crippen LogP) is 2.16. The lowest BCUT2D eigenvalue weighted by molar-refractivity contribution is -0.175. The number of nitrogens with zero attached hydrogens (tertiary/aromatic N) is 1. The van der Waals surface area contributed by atoms with Crippen molar-refractivity contribution >= 4 is 40.9 Å². The van der Waals surface area contributed by atoms with Gasteiger partial charge in [0, 0.05) is 36.3 Å². The third-order valence-corrected chi connectivity index (χ3v) is 5.00. The van der Waals surface area contributed by atoms with Crippen LogP contribution in [0.4, 0.5) is 20.6 Å². The number of halogens is 2. The summed E-state index contributed by atoms with van der Waals surface area (Å²) in [6.45, 7) is -0.167. The van der Waals surface area contributed by atoms with Crippen molar-refractivity contribution in [2.75, 3.05) is 23.4 Å². The van der Waals surface area contributed by atoms with E-state index in [1.54, 1.807) is 18.2 Å². The van der Waals surface area contributed by atoms with Crippen LogP contribution in [0.1, 0.15) is 12.0 Å². The maximum atomic E-state index is 13.4. The first kappa shape index (κ1) is 20.9. The van der Waals surface area contributed by atoms with Crippen molar-refractivity contribution in [2.45, 2.75) is 18.8 Å². The molecule has 31 heavy (non-hydrogen) atoms. The van der Waals surface area contributed by atoms with Gasteiger partial charge in [-0.15, -0.1) is 0 Å². The standard InChI is InChI=1S/C20H17ClFN3O6/c21-12-5-11(6-13(22)7-12)9-23-19(28)31-20(29)3-4-25(18(20)27)14-1-2-15-16(8-14)30-10-17(26)24-15/h1-2,5-8,29H,3-4,9-10H2,(H,23,28)(H,24,26)/t20-/m1/s1. The number of anilines is 2. The van der Waals surface area contributed by atoms with Crippen LogP contribution in [0, 0.1) is 5.82 Å². The molecule has 0 unspecified atom stereocenters. The second-order valence-electron chi connectivity index (χ2n) is 7.03. The Morgan fingerprint density at radius 2 is 2.13 bits per heavy atom. The van der Waals surface area contributed by atoms with Crippen LogP contribution in [0.15, 0.2) is 36.4 Å². The molecule has 0 spiro atoms. The number of benzene rings is 2. The van der Waals surface area contributed by atoms with Gasteiger partial charge in [0.2, 0.25) is 0 Å². The van der Waals surface area contributed by atoms with Crippen molar-refractivity contribution in [1.29, 1.82) is 0 Å². The Balaban J connectivity index is 1.40. The molecule has 0 saturated carbocycles. The van der Waals surface area contributed by atoms with E-state index in [2.05, 4.69) is 10.6 Å². The molecule has 162 valence electrons. The molecule has 11 heteroatoms. The van der Waals surface area contributed by atoms with Crippen molar-refractivity contribution in [3.63, 3.8) is 0 Å². The molecular weight excluding hydrogens is 433 g/mol. The van der Waals surface area contributed by atoms with E-state index in [0.29, 0.717) is 22.7 Å². The molecule has 9 nitrogen and oxygen atoms in total. The van der Waals surface area contributed by atoms with Gasteiger partial charge in [-0.05, 0) is 35.9 Å². The van der Waals surface area contributed by atoms with Gasteiger partial charge in [-0.3, -0.25) is 9.59 Å². The van der Waals surface area contributed by atoms with Crippen LogP contribution in [-0.4, -0.2) is 42.0 Å². The van der Waals surface area contributed by atoms with Gasteiger partial charge in [0.15, 0.2) is 6.61 Å². The average molecular weight is 450 g/mol. The number of carbonyl (C=O) groups excluding carboxylic acids is 3. The van der Waals surface area contributed by atoms with Crippen LogP contribution in [0.2, 0.25) is 5.02 Å². The molecule has 2 aliphatic heterocycles. The highest BCUT2D eigenvalue weighted by Crippen LogP contribution is 2.35. The van der Waals surface area contributed by atoms with Gasteiger partial charge in [-0.25, -0.2) is 9.18 Å². The van der Waals surface area contributed by atoms with E-state index in [0.717, 1.165) is 6.07 Å². The zero-order valence-electron chi connectivity index (χ0n) is 16.0. The molecule has 2 aromatic carbocycles. The van der Waals surface area contributed by atoms with E-state index < -0.39 is 23.6 Å². The number of alkyl carbamates (subject to hydrolysis) is 1. The smallest absolute Gasteiger partial charge is 0.410 e. The minimum Gasteiger partial charge on any atom is -0.482 e. The Bertz CT molecular complexity index is 1060. The quantitative estimate of drug-likeness (QED) is 0.616. The van der Waals surface area contributed by atoms with E-state index in [-0.39, 0.29) is 37.0 Å². The van der Waals surface area contributed by atoms with Crippen molar-refractivity contribution in [3.05, 3.63) is 52.8 Å². The van der Waals surface area contributed by atoms with E-state index >= 15 is 0 Å². The highest BCUT2D eigenvalue weighted by Gasteiger charge is 2.49. The molecular formula is C20H17ClFN3O6. The second kappa shape index (κ2) is 8.05. The summed E-state index contributed by atoms with van der Waals surface area (Å²) < 4.78 is 23.7. The highest BCUT2D eigenvalue weighted by molar-refractivity contribution is 6.30. The Morgan fingerprint density at radius 1 is 1.32 bits per heavy atom. The Hall–Kier alpha value is -3.37. The van der Waals surface area contributed by atoms with E-state index in [4.69, 9.17) is 21.1 Å². The molecule has 0 bridgehead atoms. The predicted molar refractivity (Wildman–Crippen MR) is 107 cm³/mol. The molecule has 4 rings (SSSR count). The van der Waals surface area contributed by atoms with Crippen LogP contribution in [-0.2, 0) is 20.9 Å². The molecule has 1 atom stereocenters. The highest BCUT2D eigenvalue weighted by atomic mass is 35.5. The van der Waals surface area contributed by atoms with Crippen molar-refractivity contribution < 1.29 is 33.4 Å². The van der Waals surface area contributed by atoms with Gasteiger partial charge in [0.25, 0.3) is 17.6 Å². The van der Waals surface area contributed by atoms with Crippen LogP contribution < -0.4 is 20.3 Å². The van der Waals surface area contributed by atoms with Crippen LogP contribution in [0.5, 0.6) is 5.75 Å². The number of hydrogen-bond acceptors (Lipinski definition) is 6. The SMILES string of the molecule is O=C1COc2cc(N3CC[C@@](O)(OC(=O)NCc4cc(F)cc(Cl)c4)C3=O)ccc2N1. The topological polar surface area (TPSA) is 117 Å². The molecule has 3 N–H and O–H groups in total. The number of carbonyl (C=O) groups is 3. The van der Waals surface area contributed by atoms with Crippen molar-refractivity contribution in [1.82, 2.24) is 5.32 Å². The number of amides is 3. The minimum absolute atomic E-state index is 0.0905. The first-order valence-corrected chi connectivity index (χ1v) is 9.64. The minimum atomic E-state index is -2.35.